The molecule has 8 N–H and O–H groups in total. The molecule has 80 valence electrons. The van der Waals surface area contributed by atoms with Crippen LogP contribution in [0.1, 0.15) is 0 Å². The summed E-state index contributed by atoms with van der Waals surface area (Å²) in [7, 11) is -4.64. The summed E-state index contributed by atoms with van der Waals surface area (Å²) in [6.45, 7) is 0. The number of hydrogen-bond donors (Lipinski definition) is 6. The SMILES string of the molecule is NC(N)=O.O=P(O)(O)O.O=[N+]([O-])O. The largest absolute Gasteiger partial charge is 0.466 e. The molecule has 0 saturated carbocycles. The number of rotatable bonds is 0. The summed E-state index contributed by atoms with van der Waals surface area (Å²) >= 11 is 0. The van der Waals surface area contributed by atoms with Crippen molar-refractivity contribution in [3.8, 4) is 0 Å². The Labute approximate surface area is 70.9 Å². The van der Waals surface area contributed by atoms with Gasteiger partial charge in [0.25, 0.3) is 5.09 Å². The molecule has 13 heavy (non-hydrogen) atoms. The molecule has 0 fully saturated rings. The Kier molecular flexibility index (Phi) is 11.7. The van der Waals surface area contributed by atoms with Gasteiger partial charge in [0.2, 0.25) is 0 Å². The molecule has 0 rings (SSSR count). The standard InChI is InChI=1S/CH4N2O.HNO3.H3O4P/c2*2-1(3)4;1-5(2,3)4/h(H4,2,3,4);(H,2,3,4);(H3,1,2,3,4). The summed E-state index contributed by atoms with van der Waals surface area (Å²) in [4.78, 5) is 38.9. The van der Waals surface area contributed by atoms with Gasteiger partial charge in [-0.25, -0.2) is 9.36 Å². The fourth-order valence-electron chi connectivity index (χ4n) is 0. The van der Waals surface area contributed by atoms with Crippen molar-refractivity contribution in [1.82, 2.24) is 0 Å². The summed E-state index contributed by atoms with van der Waals surface area (Å²) in [6, 6.07) is -0.833. The number of urea groups is 1. The van der Waals surface area contributed by atoms with E-state index in [1.807, 2.05) is 0 Å². The van der Waals surface area contributed by atoms with Crippen molar-refractivity contribution in [3.63, 3.8) is 0 Å². The molecule has 11 nitrogen and oxygen atoms in total. The first-order chi connectivity index (χ1) is 5.46. The zero-order chi connectivity index (χ0) is 11.7. The Morgan fingerprint density at radius 1 is 1.31 bits per heavy atom. The van der Waals surface area contributed by atoms with Gasteiger partial charge in [0.1, 0.15) is 0 Å². The Bertz CT molecular complexity index is 167. The third-order valence-electron chi connectivity index (χ3n) is 0. The van der Waals surface area contributed by atoms with Gasteiger partial charge in [0, 0.05) is 0 Å². The number of amides is 2. The first-order valence-corrected chi connectivity index (χ1v) is 3.69. The molecule has 0 aliphatic heterocycles. The van der Waals surface area contributed by atoms with Gasteiger partial charge in [0.15, 0.2) is 0 Å². The number of hydrogen-bond acceptors (Lipinski definition) is 4. The predicted octanol–water partition coefficient (Wildman–Crippen LogP) is -2.25. The highest BCUT2D eigenvalue weighted by atomic mass is 31.2. The second-order valence-corrected chi connectivity index (χ2v) is 2.18. The summed E-state index contributed by atoms with van der Waals surface area (Å²) in [5.74, 6) is 0. The normalized spacial score (nSPS) is 8.23. The highest BCUT2D eigenvalue weighted by molar-refractivity contribution is 7.45. The lowest BCUT2D eigenvalue weighted by atomic mass is 11.2. The van der Waals surface area contributed by atoms with Crippen LogP contribution in [0.3, 0.4) is 0 Å². The zero-order valence-corrected chi connectivity index (χ0v) is 6.87. The quantitative estimate of drug-likeness (QED) is 0.149. The maximum Gasteiger partial charge on any atom is 0.466 e. The summed E-state index contributed by atoms with van der Waals surface area (Å²) in [5, 5.41) is 13.6. The fourth-order valence-corrected chi connectivity index (χ4v) is 0. The minimum atomic E-state index is -4.64. The molecule has 0 bridgehead atoms. The van der Waals surface area contributed by atoms with Crippen LogP contribution < -0.4 is 11.5 Å². The first kappa shape index (κ1) is 17.6. The number of nitrogens with zero attached hydrogens (tertiary/aromatic N) is 1. The third-order valence-corrected chi connectivity index (χ3v) is 0. The minimum absolute atomic E-state index is 0.833. The average molecular weight is 221 g/mol. The molecule has 0 heterocycles. The smallest absolute Gasteiger partial charge is 0.352 e. The number of carbonyl (C=O) groups excluding carboxylic acids is 1. The van der Waals surface area contributed by atoms with E-state index in [4.69, 9.17) is 39.4 Å². The topological polar surface area (TPSA) is 210 Å². The van der Waals surface area contributed by atoms with Crippen molar-refractivity contribution in [3.05, 3.63) is 10.1 Å². The van der Waals surface area contributed by atoms with Gasteiger partial charge in [-0.2, -0.15) is 0 Å². The van der Waals surface area contributed by atoms with E-state index in [1.165, 1.54) is 0 Å². The highest BCUT2D eigenvalue weighted by Crippen LogP contribution is 2.25. The van der Waals surface area contributed by atoms with Crippen molar-refractivity contribution < 1.29 is 34.3 Å². The van der Waals surface area contributed by atoms with E-state index < -0.39 is 18.9 Å². The molecule has 0 atom stereocenters. The summed E-state index contributed by atoms with van der Waals surface area (Å²) < 4.78 is 8.88. The molecule has 0 aromatic rings. The van der Waals surface area contributed by atoms with Crippen LogP contribution in [-0.4, -0.2) is 31.0 Å². The van der Waals surface area contributed by atoms with Crippen LogP contribution in [0.15, 0.2) is 0 Å². The fraction of sp³-hybridized carbons (Fsp3) is 0. The molecular weight excluding hydrogens is 213 g/mol. The summed E-state index contributed by atoms with van der Waals surface area (Å²) in [6.07, 6.45) is 0. The monoisotopic (exact) mass is 221 g/mol. The first-order valence-electron chi connectivity index (χ1n) is 2.13. The lowest BCUT2D eigenvalue weighted by Crippen LogP contribution is -2.18. The van der Waals surface area contributed by atoms with Gasteiger partial charge in [-0.05, 0) is 0 Å². The van der Waals surface area contributed by atoms with E-state index in [0.717, 1.165) is 0 Å². The third kappa shape index (κ3) is 386. The molecule has 0 aliphatic rings. The van der Waals surface area contributed by atoms with Gasteiger partial charge in [0.05, 0.1) is 0 Å². The number of nitrogens with two attached hydrogens (primary N) is 2. The van der Waals surface area contributed by atoms with Crippen LogP contribution in [0.4, 0.5) is 4.79 Å². The molecule has 12 heteroatoms. The summed E-state index contributed by atoms with van der Waals surface area (Å²) in [5.41, 5.74) is 8.50. The second kappa shape index (κ2) is 8.67. The Hall–Kier alpha value is -1.42. The minimum Gasteiger partial charge on any atom is -0.352 e. The van der Waals surface area contributed by atoms with Crippen molar-refractivity contribution in [2.45, 2.75) is 0 Å². The Balaban J connectivity index is -0.000000117. The van der Waals surface area contributed by atoms with Crippen LogP contribution >= 0.6 is 7.82 Å². The van der Waals surface area contributed by atoms with Gasteiger partial charge in [-0.15, -0.1) is 10.1 Å². The average Bonchev–Trinajstić information content (AvgIpc) is 1.50. The second-order valence-electron chi connectivity index (χ2n) is 1.15. The Morgan fingerprint density at radius 3 is 1.31 bits per heavy atom. The Morgan fingerprint density at radius 2 is 1.31 bits per heavy atom. The van der Waals surface area contributed by atoms with E-state index >= 15 is 0 Å². The van der Waals surface area contributed by atoms with Crippen LogP contribution in [0.2, 0.25) is 0 Å². The zero-order valence-electron chi connectivity index (χ0n) is 5.97. The van der Waals surface area contributed by atoms with E-state index in [0.29, 0.717) is 0 Å². The lowest BCUT2D eigenvalue weighted by Gasteiger charge is -1.82. The molecule has 0 unspecified atom stereocenters. The maximum absolute atomic E-state index is 9.00. The van der Waals surface area contributed by atoms with E-state index in [-0.39, 0.29) is 0 Å². The lowest BCUT2D eigenvalue weighted by molar-refractivity contribution is -0.742. The van der Waals surface area contributed by atoms with Crippen LogP contribution in [0, 0.1) is 10.1 Å². The van der Waals surface area contributed by atoms with Gasteiger partial charge in [-0.3, -0.25) is 0 Å². The van der Waals surface area contributed by atoms with Crippen molar-refractivity contribution in [1.29, 1.82) is 0 Å². The highest BCUT2D eigenvalue weighted by Gasteiger charge is 2.00. The van der Waals surface area contributed by atoms with Crippen molar-refractivity contribution in [2.75, 3.05) is 0 Å². The van der Waals surface area contributed by atoms with Gasteiger partial charge >= 0.3 is 13.9 Å². The molecule has 2 amide bonds. The van der Waals surface area contributed by atoms with Crippen LogP contribution in [0.5, 0.6) is 0 Å². The van der Waals surface area contributed by atoms with Gasteiger partial charge in [-0.1, -0.05) is 0 Å². The molecule has 0 aromatic heterocycles. The van der Waals surface area contributed by atoms with Crippen LogP contribution in [-0.2, 0) is 4.57 Å². The molecule has 0 saturated heterocycles. The van der Waals surface area contributed by atoms with Crippen LogP contribution in [0.25, 0.3) is 0 Å². The number of carbonyl (C=O) groups is 1. The number of primary amides is 2. The molecule has 0 aromatic carbocycles. The van der Waals surface area contributed by atoms with E-state index in [1.54, 1.807) is 0 Å². The van der Waals surface area contributed by atoms with Gasteiger partial charge < -0.3 is 31.4 Å². The maximum atomic E-state index is 9.00. The number of phosphoric acid groups is 1. The van der Waals surface area contributed by atoms with Crippen molar-refractivity contribution in [2.24, 2.45) is 11.5 Å². The predicted molar refractivity (Wildman–Crippen MR) is 36.8 cm³/mol. The molecule has 0 radical (unpaired) electrons. The molecule has 0 aliphatic carbocycles. The molecule has 0 spiro atoms. The van der Waals surface area contributed by atoms with E-state index in [9.17, 15) is 0 Å². The van der Waals surface area contributed by atoms with E-state index in [2.05, 4.69) is 11.5 Å². The molecular formula is CH8N3O8P. The van der Waals surface area contributed by atoms with Crippen molar-refractivity contribution >= 4 is 13.9 Å².